The number of carbonyl (C=O) groups is 1. The van der Waals surface area contributed by atoms with Gasteiger partial charge in [-0.15, -0.1) is 0 Å². The van der Waals surface area contributed by atoms with Gasteiger partial charge in [0.15, 0.2) is 0 Å². The van der Waals surface area contributed by atoms with Crippen LogP contribution in [0.3, 0.4) is 0 Å². The molecule has 1 aliphatic rings. The molecule has 7 heteroatoms. The molecule has 1 saturated heterocycles. The summed E-state index contributed by atoms with van der Waals surface area (Å²) >= 11 is 12.7. The van der Waals surface area contributed by atoms with E-state index in [1.165, 1.54) is 12.8 Å². The topological polar surface area (TPSA) is 36.0 Å². The van der Waals surface area contributed by atoms with Crippen LogP contribution >= 0.6 is 23.2 Å². The van der Waals surface area contributed by atoms with Crippen molar-refractivity contribution in [1.82, 2.24) is 9.80 Å². The van der Waals surface area contributed by atoms with Crippen molar-refractivity contribution in [2.75, 3.05) is 52.3 Å². The van der Waals surface area contributed by atoms with Crippen LogP contribution in [-0.2, 0) is 4.79 Å². The number of carbonyl (C=O) groups excluding carboxylic acids is 1. The van der Waals surface area contributed by atoms with E-state index >= 15 is 0 Å². The summed E-state index contributed by atoms with van der Waals surface area (Å²) in [4.78, 5) is 20.0. The fraction of sp³-hybridized carbons (Fsp3) is 0.345. The Morgan fingerprint density at radius 1 is 0.972 bits per heavy atom. The standard InChI is InChI=1S/C29H33Cl2N3O2/c1-32(2)20-29(35)34(23-13-14-25(30)26(31)18-23)27(19-33-15-6-7-16-33)22-10-8-9-21(17-22)24-11-4-5-12-28(24)36-3/h4-5,8-14,17-18,27H,6-7,15-16,19-20H2,1-3H3. The van der Waals surface area contributed by atoms with Crippen molar-refractivity contribution < 1.29 is 9.53 Å². The molecule has 0 spiro atoms. The Morgan fingerprint density at radius 2 is 1.72 bits per heavy atom. The summed E-state index contributed by atoms with van der Waals surface area (Å²) in [7, 11) is 5.50. The molecule has 1 unspecified atom stereocenters. The molecule has 1 aliphatic heterocycles. The fourth-order valence-electron chi connectivity index (χ4n) is 4.82. The van der Waals surface area contributed by atoms with Crippen molar-refractivity contribution in [3.8, 4) is 16.9 Å². The molecule has 5 nitrogen and oxygen atoms in total. The number of likely N-dealkylation sites (tertiary alicyclic amines) is 1. The predicted octanol–water partition coefficient (Wildman–Crippen LogP) is 6.40. The van der Waals surface area contributed by atoms with Gasteiger partial charge in [0.25, 0.3) is 0 Å². The lowest BCUT2D eigenvalue weighted by Gasteiger charge is -2.36. The van der Waals surface area contributed by atoms with Gasteiger partial charge in [-0.25, -0.2) is 0 Å². The van der Waals surface area contributed by atoms with Crippen LogP contribution in [0.2, 0.25) is 10.0 Å². The molecule has 0 N–H and O–H groups in total. The summed E-state index contributed by atoms with van der Waals surface area (Å²) in [5.41, 5.74) is 3.86. The van der Waals surface area contributed by atoms with E-state index in [0.717, 1.165) is 47.8 Å². The van der Waals surface area contributed by atoms with Crippen molar-refractivity contribution in [3.63, 3.8) is 0 Å². The first kappa shape index (κ1) is 26.5. The molecule has 0 aliphatic carbocycles. The van der Waals surface area contributed by atoms with E-state index in [0.29, 0.717) is 10.0 Å². The minimum Gasteiger partial charge on any atom is -0.496 e. The number of hydrogen-bond acceptors (Lipinski definition) is 4. The van der Waals surface area contributed by atoms with E-state index < -0.39 is 0 Å². The quantitative estimate of drug-likeness (QED) is 0.323. The summed E-state index contributed by atoms with van der Waals surface area (Å²) in [6.07, 6.45) is 2.35. The molecule has 4 rings (SSSR count). The molecule has 1 amide bonds. The third-order valence-electron chi connectivity index (χ3n) is 6.53. The number of amides is 1. The maximum Gasteiger partial charge on any atom is 0.241 e. The summed E-state index contributed by atoms with van der Waals surface area (Å²) < 4.78 is 5.63. The zero-order valence-electron chi connectivity index (χ0n) is 21.1. The minimum absolute atomic E-state index is 0.00489. The first-order valence-electron chi connectivity index (χ1n) is 12.2. The highest BCUT2D eigenvalue weighted by molar-refractivity contribution is 6.42. The Balaban J connectivity index is 1.83. The second kappa shape index (κ2) is 12.1. The first-order valence-corrected chi connectivity index (χ1v) is 13.0. The number of methoxy groups -OCH3 is 1. The number of rotatable bonds is 9. The molecule has 1 fully saturated rings. The molecule has 0 radical (unpaired) electrons. The summed E-state index contributed by atoms with van der Waals surface area (Å²) in [5, 5.41) is 0.897. The van der Waals surface area contributed by atoms with Crippen molar-refractivity contribution >= 4 is 34.8 Å². The van der Waals surface area contributed by atoms with E-state index in [2.05, 4.69) is 35.2 Å². The lowest BCUT2D eigenvalue weighted by molar-refractivity contribution is -0.119. The van der Waals surface area contributed by atoms with Gasteiger partial charge in [-0.05, 0) is 81.5 Å². The van der Waals surface area contributed by atoms with Gasteiger partial charge in [0.05, 0.1) is 29.7 Å². The highest BCUT2D eigenvalue weighted by Crippen LogP contribution is 2.36. The molecule has 0 saturated carbocycles. The summed E-state index contributed by atoms with van der Waals surface area (Å²) in [6, 6.07) is 21.6. The van der Waals surface area contributed by atoms with E-state index in [9.17, 15) is 4.79 Å². The summed E-state index contributed by atoms with van der Waals surface area (Å²) in [5.74, 6) is 0.820. The minimum atomic E-state index is -0.206. The van der Waals surface area contributed by atoms with Crippen LogP contribution in [0.5, 0.6) is 5.75 Å². The average Bonchev–Trinajstić information content (AvgIpc) is 3.38. The number of nitrogens with zero attached hydrogens (tertiary/aromatic N) is 3. The van der Waals surface area contributed by atoms with Crippen LogP contribution in [-0.4, -0.2) is 63.1 Å². The van der Waals surface area contributed by atoms with Crippen LogP contribution in [0, 0.1) is 0 Å². The van der Waals surface area contributed by atoms with Crippen molar-refractivity contribution in [2.24, 2.45) is 0 Å². The normalized spacial score (nSPS) is 14.7. The van der Waals surface area contributed by atoms with Crippen LogP contribution in [0.25, 0.3) is 11.1 Å². The lowest BCUT2D eigenvalue weighted by atomic mass is 9.97. The largest absolute Gasteiger partial charge is 0.496 e. The Bertz CT molecular complexity index is 1190. The lowest BCUT2D eigenvalue weighted by Crippen LogP contribution is -2.44. The highest BCUT2D eigenvalue weighted by atomic mass is 35.5. The zero-order valence-corrected chi connectivity index (χ0v) is 22.6. The smallest absolute Gasteiger partial charge is 0.241 e. The third kappa shape index (κ3) is 6.22. The van der Waals surface area contributed by atoms with Gasteiger partial charge in [0.1, 0.15) is 5.75 Å². The number of ether oxygens (including phenoxy) is 1. The van der Waals surface area contributed by atoms with Crippen LogP contribution in [0.15, 0.2) is 66.7 Å². The Kier molecular flexibility index (Phi) is 8.91. The van der Waals surface area contributed by atoms with Gasteiger partial charge >= 0.3 is 0 Å². The average molecular weight is 527 g/mol. The van der Waals surface area contributed by atoms with Gasteiger partial charge in [-0.1, -0.05) is 59.6 Å². The van der Waals surface area contributed by atoms with Gasteiger partial charge in [-0.3, -0.25) is 4.79 Å². The second-order valence-electron chi connectivity index (χ2n) is 9.45. The van der Waals surface area contributed by atoms with Gasteiger partial charge in [0.2, 0.25) is 5.91 Å². The molecule has 1 atom stereocenters. The molecule has 190 valence electrons. The third-order valence-corrected chi connectivity index (χ3v) is 7.27. The maximum atomic E-state index is 13.8. The van der Waals surface area contributed by atoms with E-state index in [-0.39, 0.29) is 18.5 Å². The van der Waals surface area contributed by atoms with Crippen LogP contribution in [0.4, 0.5) is 5.69 Å². The van der Waals surface area contributed by atoms with Gasteiger partial charge in [0, 0.05) is 17.8 Å². The highest BCUT2D eigenvalue weighted by Gasteiger charge is 2.30. The molecule has 36 heavy (non-hydrogen) atoms. The monoisotopic (exact) mass is 525 g/mol. The maximum absolute atomic E-state index is 13.8. The molecular formula is C29H33Cl2N3O2. The van der Waals surface area contributed by atoms with Gasteiger partial charge in [-0.2, -0.15) is 0 Å². The Hall–Kier alpha value is -2.57. The molecule has 3 aromatic rings. The van der Waals surface area contributed by atoms with Crippen molar-refractivity contribution in [2.45, 2.75) is 18.9 Å². The fourth-order valence-corrected chi connectivity index (χ4v) is 5.11. The summed E-state index contributed by atoms with van der Waals surface area (Å²) in [6.45, 7) is 3.07. The van der Waals surface area contributed by atoms with Gasteiger partial charge < -0.3 is 19.4 Å². The number of anilines is 1. The molecule has 0 bridgehead atoms. The number of benzene rings is 3. The van der Waals surface area contributed by atoms with Crippen LogP contribution in [0.1, 0.15) is 24.4 Å². The van der Waals surface area contributed by atoms with E-state index in [4.69, 9.17) is 27.9 Å². The van der Waals surface area contributed by atoms with Crippen molar-refractivity contribution in [1.29, 1.82) is 0 Å². The predicted molar refractivity (Wildman–Crippen MR) is 149 cm³/mol. The zero-order chi connectivity index (χ0) is 25.7. The molecule has 1 heterocycles. The second-order valence-corrected chi connectivity index (χ2v) is 10.3. The number of para-hydroxylation sites is 1. The van der Waals surface area contributed by atoms with E-state index in [1.54, 1.807) is 19.2 Å². The number of hydrogen-bond donors (Lipinski definition) is 0. The molecular weight excluding hydrogens is 493 g/mol. The Labute approximate surface area is 224 Å². The van der Waals surface area contributed by atoms with Crippen LogP contribution < -0.4 is 9.64 Å². The first-order chi connectivity index (χ1) is 17.4. The van der Waals surface area contributed by atoms with E-state index in [1.807, 2.05) is 48.2 Å². The molecule has 3 aromatic carbocycles. The Morgan fingerprint density at radius 3 is 2.42 bits per heavy atom. The molecule has 0 aromatic heterocycles. The SMILES string of the molecule is COc1ccccc1-c1cccc(C(CN2CCCC2)N(C(=O)CN(C)C)c2ccc(Cl)c(Cl)c2)c1. The number of likely N-dealkylation sites (N-methyl/N-ethyl adjacent to an activating group) is 1. The number of halogens is 2. The van der Waals surface area contributed by atoms with Crippen molar-refractivity contribution in [3.05, 3.63) is 82.3 Å².